The Labute approximate surface area is 101 Å². The van der Waals surface area contributed by atoms with Crippen molar-refractivity contribution in [2.45, 2.75) is 25.8 Å². The van der Waals surface area contributed by atoms with Gasteiger partial charge in [-0.25, -0.2) is 0 Å². The van der Waals surface area contributed by atoms with Crippen molar-refractivity contribution in [3.05, 3.63) is 23.8 Å². The highest BCUT2D eigenvalue weighted by atomic mass is 16.7. The number of ether oxygens (including phenoxy) is 2. The molecule has 90 valence electrons. The summed E-state index contributed by atoms with van der Waals surface area (Å²) in [7, 11) is 0. The van der Waals surface area contributed by atoms with Crippen LogP contribution >= 0.6 is 0 Å². The largest absolute Gasteiger partial charge is 0.454 e. The second kappa shape index (κ2) is 4.28. The minimum atomic E-state index is 0.318. The van der Waals surface area contributed by atoms with Gasteiger partial charge in [-0.1, -0.05) is 6.07 Å². The van der Waals surface area contributed by atoms with Gasteiger partial charge >= 0.3 is 0 Å². The summed E-state index contributed by atoms with van der Waals surface area (Å²) in [6.07, 6.45) is 3.24. The van der Waals surface area contributed by atoms with Gasteiger partial charge in [-0.05, 0) is 30.5 Å². The third kappa shape index (κ3) is 2.07. The highest BCUT2D eigenvalue weighted by Crippen LogP contribution is 2.33. The average molecular weight is 232 g/mol. The Morgan fingerprint density at radius 2 is 2.06 bits per heavy atom. The summed E-state index contributed by atoms with van der Waals surface area (Å²) in [5.41, 5.74) is 1.18. The van der Waals surface area contributed by atoms with Crippen LogP contribution in [0.4, 0.5) is 0 Å². The molecule has 2 heterocycles. The summed E-state index contributed by atoms with van der Waals surface area (Å²) in [5, 5.41) is 7.92. The van der Waals surface area contributed by atoms with Crippen LogP contribution in [-0.4, -0.2) is 24.1 Å². The number of hydrogen-bond donors (Lipinski definition) is 1. The predicted molar refractivity (Wildman–Crippen MR) is 64.6 cm³/mol. The normalized spacial score (nSPS) is 18.6. The van der Waals surface area contributed by atoms with E-state index in [1.54, 1.807) is 0 Å². The summed E-state index contributed by atoms with van der Waals surface area (Å²) < 4.78 is 10.6. The Morgan fingerprint density at radius 3 is 2.94 bits per heavy atom. The van der Waals surface area contributed by atoms with Crippen molar-refractivity contribution >= 4 is 5.84 Å². The number of hydrogen-bond acceptors (Lipinski definition) is 3. The first-order valence-electron chi connectivity index (χ1n) is 6.04. The second-order valence-corrected chi connectivity index (χ2v) is 4.51. The van der Waals surface area contributed by atoms with Crippen LogP contribution in [-0.2, 0) is 6.54 Å². The van der Waals surface area contributed by atoms with E-state index < -0.39 is 0 Å². The molecule has 1 N–H and O–H groups in total. The third-order valence-electron chi connectivity index (χ3n) is 3.28. The summed E-state index contributed by atoms with van der Waals surface area (Å²) in [6, 6.07) is 6.02. The number of amidine groups is 1. The van der Waals surface area contributed by atoms with Crippen molar-refractivity contribution < 1.29 is 9.47 Å². The molecule has 1 saturated heterocycles. The molecular formula is C13H16N2O2. The van der Waals surface area contributed by atoms with Gasteiger partial charge in [0.15, 0.2) is 11.5 Å². The van der Waals surface area contributed by atoms with Crippen molar-refractivity contribution in [2.24, 2.45) is 0 Å². The molecule has 1 aromatic rings. The number of likely N-dealkylation sites (tertiary alicyclic amines) is 1. The number of benzene rings is 1. The number of nitrogens with zero attached hydrogens (tertiary/aromatic N) is 1. The standard InChI is InChI=1S/C13H16N2O2/c14-13-3-1-2-6-15(13)8-10-4-5-11-12(7-10)17-9-16-11/h4-5,7,14H,1-3,6,8-9H2. The first kappa shape index (κ1) is 10.4. The van der Waals surface area contributed by atoms with Gasteiger partial charge < -0.3 is 14.4 Å². The van der Waals surface area contributed by atoms with E-state index in [2.05, 4.69) is 11.0 Å². The third-order valence-corrected chi connectivity index (χ3v) is 3.28. The van der Waals surface area contributed by atoms with Crippen molar-refractivity contribution in [3.63, 3.8) is 0 Å². The fourth-order valence-corrected chi connectivity index (χ4v) is 2.32. The van der Waals surface area contributed by atoms with Crippen LogP contribution in [0.15, 0.2) is 18.2 Å². The molecule has 1 aromatic carbocycles. The van der Waals surface area contributed by atoms with Gasteiger partial charge in [-0.2, -0.15) is 0 Å². The van der Waals surface area contributed by atoms with Gasteiger partial charge in [0.25, 0.3) is 0 Å². The Bertz CT molecular complexity index is 445. The summed E-state index contributed by atoms with van der Waals surface area (Å²) in [4.78, 5) is 2.14. The lowest BCUT2D eigenvalue weighted by Crippen LogP contribution is -2.34. The molecule has 0 unspecified atom stereocenters. The van der Waals surface area contributed by atoms with E-state index in [-0.39, 0.29) is 0 Å². The quantitative estimate of drug-likeness (QED) is 0.851. The Morgan fingerprint density at radius 1 is 1.18 bits per heavy atom. The van der Waals surface area contributed by atoms with Crippen molar-refractivity contribution in [1.29, 1.82) is 5.41 Å². The number of rotatable bonds is 2. The zero-order chi connectivity index (χ0) is 11.7. The van der Waals surface area contributed by atoms with Gasteiger partial charge in [0.1, 0.15) is 0 Å². The van der Waals surface area contributed by atoms with E-state index in [1.807, 2.05) is 12.1 Å². The fraction of sp³-hybridized carbons (Fsp3) is 0.462. The van der Waals surface area contributed by atoms with Crippen LogP contribution in [0.25, 0.3) is 0 Å². The van der Waals surface area contributed by atoms with Crippen molar-refractivity contribution in [3.8, 4) is 11.5 Å². The summed E-state index contributed by atoms with van der Waals surface area (Å²) in [6.45, 7) is 2.11. The zero-order valence-electron chi connectivity index (χ0n) is 9.74. The molecular weight excluding hydrogens is 216 g/mol. The van der Waals surface area contributed by atoms with E-state index >= 15 is 0 Å². The predicted octanol–water partition coefficient (Wildman–Crippen LogP) is 2.38. The lowest BCUT2D eigenvalue weighted by atomic mass is 10.1. The van der Waals surface area contributed by atoms with E-state index in [0.29, 0.717) is 6.79 Å². The van der Waals surface area contributed by atoms with Gasteiger partial charge in [0, 0.05) is 19.5 Å². The molecule has 0 atom stereocenters. The smallest absolute Gasteiger partial charge is 0.231 e. The minimum Gasteiger partial charge on any atom is -0.454 e. The lowest BCUT2D eigenvalue weighted by molar-refractivity contribution is 0.174. The molecule has 0 saturated carbocycles. The van der Waals surface area contributed by atoms with Gasteiger partial charge in [-0.15, -0.1) is 0 Å². The molecule has 0 spiro atoms. The number of nitrogens with one attached hydrogen (secondary N) is 1. The molecule has 0 aliphatic carbocycles. The van der Waals surface area contributed by atoms with Crippen LogP contribution in [0, 0.1) is 5.41 Å². The molecule has 0 radical (unpaired) electrons. The molecule has 1 fully saturated rings. The molecule has 2 aliphatic rings. The molecule has 0 bridgehead atoms. The Kier molecular flexibility index (Phi) is 2.63. The SMILES string of the molecule is N=C1CCCCN1Cc1ccc2c(c1)OCO2. The van der Waals surface area contributed by atoms with Crippen molar-refractivity contribution in [1.82, 2.24) is 4.90 Å². The molecule has 0 aromatic heterocycles. The van der Waals surface area contributed by atoms with Gasteiger partial charge in [0.2, 0.25) is 6.79 Å². The Hall–Kier alpha value is -1.71. The van der Waals surface area contributed by atoms with E-state index in [9.17, 15) is 0 Å². The number of piperidine rings is 1. The zero-order valence-corrected chi connectivity index (χ0v) is 9.74. The maximum Gasteiger partial charge on any atom is 0.231 e. The molecule has 0 amide bonds. The topological polar surface area (TPSA) is 45.6 Å². The molecule has 4 nitrogen and oxygen atoms in total. The van der Waals surface area contributed by atoms with E-state index in [1.165, 1.54) is 12.0 Å². The number of fused-ring (bicyclic) bond motifs is 1. The highest BCUT2D eigenvalue weighted by Gasteiger charge is 2.17. The first-order chi connectivity index (χ1) is 8.33. The summed E-state index contributed by atoms with van der Waals surface area (Å²) >= 11 is 0. The first-order valence-corrected chi connectivity index (χ1v) is 6.04. The second-order valence-electron chi connectivity index (χ2n) is 4.51. The fourth-order valence-electron chi connectivity index (χ4n) is 2.32. The average Bonchev–Trinajstić information content (AvgIpc) is 2.79. The minimum absolute atomic E-state index is 0.318. The van der Waals surface area contributed by atoms with Crippen LogP contribution in [0.5, 0.6) is 11.5 Å². The van der Waals surface area contributed by atoms with E-state index in [4.69, 9.17) is 14.9 Å². The summed E-state index contributed by atoms with van der Waals surface area (Å²) in [5.74, 6) is 2.41. The molecule has 3 rings (SSSR count). The molecule has 17 heavy (non-hydrogen) atoms. The van der Waals surface area contributed by atoms with Gasteiger partial charge in [-0.3, -0.25) is 5.41 Å². The van der Waals surface area contributed by atoms with Crippen molar-refractivity contribution in [2.75, 3.05) is 13.3 Å². The Balaban J connectivity index is 1.74. The highest BCUT2D eigenvalue weighted by molar-refractivity contribution is 5.79. The van der Waals surface area contributed by atoms with Gasteiger partial charge in [0.05, 0.1) is 5.84 Å². The van der Waals surface area contributed by atoms with Crippen LogP contribution in [0.2, 0.25) is 0 Å². The monoisotopic (exact) mass is 232 g/mol. The molecule has 2 aliphatic heterocycles. The maximum absolute atomic E-state index is 7.92. The lowest BCUT2D eigenvalue weighted by Gasteiger charge is -2.29. The van der Waals surface area contributed by atoms with Crippen LogP contribution in [0.1, 0.15) is 24.8 Å². The van der Waals surface area contributed by atoms with Crippen LogP contribution in [0.3, 0.4) is 0 Å². The molecule has 4 heteroatoms. The maximum atomic E-state index is 7.92. The van der Waals surface area contributed by atoms with Crippen LogP contribution < -0.4 is 9.47 Å². The van der Waals surface area contributed by atoms with E-state index in [0.717, 1.165) is 43.3 Å².